The molecular formula is C9H16O. The summed E-state index contributed by atoms with van der Waals surface area (Å²) in [6, 6.07) is 0. The van der Waals surface area contributed by atoms with E-state index in [-0.39, 0.29) is 0 Å². The Morgan fingerprint density at radius 3 is 2.50 bits per heavy atom. The molecule has 0 bridgehead atoms. The van der Waals surface area contributed by atoms with E-state index >= 15 is 0 Å². The summed E-state index contributed by atoms with van der Waals surface area (Å²) in [5, 5.41) is 0. The second-order valence-electron chi connectivity index (χ2n) is 2.96. The van der Waals surface area contributed by atoms with Crippen LogP contribution in [0, 0.1) is 5.92 Å². The molecule has 0 N–H and O–H groups in total. The van der Waals surface area contributed by atoms with Gasteiger partial charge in [-0.25, -0.2) is 0 Å². The molecule has 0 amide bonds. The van der Waals surface area contributed by atoms with E-state index in [1.54, 1.807) is 0 Å². The second-order valence-corrected chi connectivity index (χ2v) is 2.96. The maximum atomic E-state index is 9.97. The predicted octanol–water partition coefficient (Wildman–Crippen LogP) is 2.57. The van der Waals surface area contributed by atoms with E-state index in [9.17, 15) is 4.79 Å². The molecule has 1 nitrogen and oxygen atoms in total. The summed E-state index contributed by atoms with van der Waals surface area (Å²) < 4.78 is 0. The fourth-order valence-corrected chi connectivity index (χ4v) is 0.939. The minimum Gasteiger partial charge on any atom is -0.303 e. The molecule has 10 heavy (non-hydrogen) atoms. The van der Waals surface area contributed by atoms with Crippen molar-refractivity contribution >= 4 is 6.29 Å². The minimum atomic E-state index is 0.603. The maximum absolute atomic E-state index is 9.97. The zero-order chi connectivity index (χ0) is 7.98. The molecule has 0 radical (unpaired) electrons. The maximum Gasteiger partial charge on any atom is 0.120 e. The fourth-order valence-electron chi connectivity index (χ4n) is 0.939. The highest BCUT2D eigenvalue weighted by molar-refractivity contribution is 5.49. The highest BCUT2D eigenvalue weighted by Gasteiger charge is 1.90. The first-order valence-corrected chi connectivity index (χ1v) is 3.77. The van der Waals surface area contributed by atoms with Crippen LogP contribution in [0.25, 0.3) is 0 Å². The van der Waals surface area contributed by atoms with Gasteiger partial charge < -0.3 is 4.79 Å². The van der Waals surface area contributed by atoms with E-state index in [0.29, 0.717) is 12.3 Å². The van der Waals surface area contributed by atoms with Crippen LogP contribution in [0.3, 0.4) is 0 Å². The molecular weight excluding hydrogens is 124 g/mol. The average Bonchev–Trinajstić information content (AvgIpc) is 1.82. The molecule has 0 saturated heterocycles. The van der Waals surface area contributed by atoms with Crippen LogP contribution in [0.15, 0.2) is 11.6 Å². The van der Waals surface area contributed by atoms with Crippen LogP contribution in [0.5, 0.6) is 0 Å². The van der Waals surface area contributed by atoms with Gasteiger partial charge in [0.25, 0.3) is 0 Å². The fraction of sp³-hybridized carbons (Fsp3) is 0.667. The predicted molar refractivity (Wildman–Crippen MR) is 43.9 cm³/mol. The Hall–Kier alpha value is -0.590. The molecule has 0 spiro atoms. The minimum absolute atomic E-state index is 0.603. The first-order valence-electron chi connectivity index (χ1n) is 3.77. The van der Waals surface area contributed by atoms with Crippen molar-refractivity contribution in [2.75, 3.05) is 0 Å². The van der Waals surface area contributed by atoms with Crippen molar-refractivity contribution < 1.29 is 4.79 Å². The van der Waals surface area contributed by atoms with Gasteiger partial charge >= 0.3 is 0 Å². The van der Waals surface area contributed by atoms with Gasteiger partial charge in [-0.3, -0.25) is 0 Å². The third-order valence-corrected chi connectivity index (χ3v) is 1.27. The quantitative estimate of drug-likeness (QED) is 0.433. The van der Waals surface area contributed by atoms with Crippen LogP contribution in [-0.4, -0.2) is 6.29 Å². The zero-order valence-electron chi connectivity index (χ0n) is 7.05. The van der Waals surface area contributed by atoms with E-state index < -0.39 is 0 Å². The highest BCUT2D eigenvalue weighted by Crippen LogP contribution is 2.06. The van der Waals surface area contributed by atoms with Crippen molar-refractivity contribution in [2.45, 2.75) is 33.6 Å². The van der Waals surface area contributed by atoms with Crippen molar-refractivity contribution in [1.29, 1.82) is 0 Å². The van der Waals surface area contributed by atoms with Gasteiger partial charge in [-0.15, -0.1) is 0 Å². The Morgan fingerprint density at radius 1 is 1.50 bits per heavy atom. The lowest BCUT2D eigenvalue weighted by Crippen LogP contribution is -1.84. The van der Waals surface area contributed by atoms with E-state index in [0.717, 1.165) is 12.7 Å². The van der Waals surface area contributed by atoms with Crippen molar-refractivity contribution in [3.05, 3.63) is 11.6 Å². The third kappa shape index (κ3) is 5.54. The molecule has 58 valence electrons. The number of allylic oxidation sites excluding steroid dienone is 2. The van der Waals surface area contributed by atoms with E-state index in [1.807, 2.05) is 0 Å². The van der Waals surface area contributed by atoms with Gasteiger partial charge in [0, 0.05) is 6.42 Å². The molecule has 0 unspecified atom stereocenters. The molecule has 0 aromatic rings. The molecule has 0 atom stereocenters. The summed E-state index contributed by atoms with van der Waals surface area (Å²) in [5.41, 5.74) is 1.32. The number of hydrogen-bond donors (Lipinski definition) is 0. The van der Waals surface area contributed by atoms with Crippen molar-refractivity contribution in [2.24, 2.45) is 5.92 Å². The molecule has 0 aliphatic carbocycles. The Balaban J connectivity index is 3.59. The summed E-state index contributed by atoms with van der Waals surface area (Å²) in [5.74, 6) is 0.603. The molecule has 0 aliphatic rings. The highest BCUT2D eigenvalue weighted by atomic mass is 16.1. The Kier molecular flexibility index (Phi) is 4.91. The molecule has 0 heterocycles. The Bertz CT molecular complexity index is 123. The van der Waals surface area contributed by atoms with Crippen molar-refractivity contribution in [3.8, 4) is 0 Å². The van der Waals surface area contributed by atoms with Crippen molar-refractivity contribution in [3.63, 3.8) is 0 Å². The normalized spacial score (nSPS) is 12.2. The standard InChI is InChI=1S/C9H16O/c1-8(2)7-9(3)5-4-6-10/h6-8H,4-5H2,1-3H3/b9-7-. The lowest BCUT2D eigenvalue weighted by Gasteiger charge is -1.99. The van der Waals surface area contributed by atoms with Gasteiger partial charge in [0.15, 0.2) is 0 Å². The smallest absolute Gasteiger partial charge is 0.120 e. The number of aldehydes is 1. The molecule has 0 saturated carbocycles. The Labute approximate surface area is 63.1 Å². The van der Waals surface area contributed by atoms with E-state index in [1.165, 1.54) is 5.57 Å². The van der Waals surface area contributed by atoms with Crippen LogP contribution in [-0.2, 0) is 4.79 Å². The summed E-state index contributed by atoms with van der Waals surface area (Å²) in [6.07, 6.45) is 4.75. The first kappa shape index (κ1) is 9.41. The topological polar surface area (TPSA) is 17.1 Å². The van der Waals surface area contributed by atoms with Crippen LogP contribution >= 0.6 is 0 Å². The monoisotopic (exact) mass is 140 g/mol. The Morgan fingerprint density at radius 2 is 2.10 bits per heavy atom. The van der Waals surface area contributed by atoms with Crippen LogP contribution < -0.4 is 0 Å². The zero-order valence-corrected chi connectivity index (χ0v) is 7.05. The third-order valence-electron chi connectivity index (χ3n) is 1.27. The van der Waals surface area contributed by atoms with E-state index in [2.05, 4.69) is 26.8 Å². The van der Waals surface area contributed by atoms with Gasteiger partial charge in [-0.05, 0) is 19.3 Å². The van der Waals surface area contributed by atoms with Gasteiger partial charge in [0.1, 0.15) is 6.29 Å². The van der Waals surface area contributed by atoms with E-state index in [4.69, 9.17) is 0 Å². The van der Waals surface area contributed by atoms with Gasteiger partial charge in [-0.1, -0.05) is 25.5 Å². The molecule has 0 aliphatic heterocycles. The second kappa shape index (κ2) is 5.21. The summed E-state index contributed by atoms with van der Waals surface area (Å²) in [6.45, 7) is 6.36. The molecule has 0 fully saturated rings. The lowest BCUT2D eigenvalue weighted by atomic mass is 10.1. The molecule has 0 aromatic carbocycles. The van der Waals surface area contributed by atoms with Crippen LogP contribution in [0.4, 0.5) is 0 Å². The number of rotatable bonds is 4. The van der Waals surface area contributed by atoms with Gasteiger partial charge in [0.2, 0.25) is 0 Å². The molecule has 0 rings (SSSR count). The SMILES string of the molecule is C/C(=C/C(C)C)CCC=O. The summed E-state index contributed by atoms with van der Waals surface area (Å²) >= 11 is 0. The van der Waals surface area contributed by atoms with Crippen molar-refractivity contribution in [1.82, 2.24) is 0 Å². The number of carbonyl (C=O) groups excluding carboxylic acids is 1. The van der Waals surface area contributed by atoms with Crippen LogP contribution in [0.1, 0.15) is 33.6 Å². The van der Waals surface area contributed by atoms with Gasteiger partial charge in [-0.2, -0.15) is 0 Å². The van der Waals surface area contributed by atoms with Crippen LogP contribution in [0.2, 0.25) is 0 Å². The van der Waals surface area contributed by atoms with Gasteiger partial charge in [0.05, 0.1) is 0 Å². The number of hydrogen-bond acceptors (Lipinski definition) is 1. The summed E-state index contributed by atoms with van der Waals surface area (Å²) in [7, 11) is 0. The largest absolute Gasteiger partial charge is 0.303 e. The molecule has 1 heteroatoms. The summed E-state index contributed by atoms with van der Waals surface area (Å²) in [4.78, 5) is 9.97. The average molecular weight is 140 g/mol. The lowest BCUT2D eigenvalue weighted by molar-refractivity contribution is -0.107. The molecule has 0 aromatic heterocycles. The number of carbonyl (C=O) groups is 1. The first-order chi connectivity index (χ1) is 4.66.